The van der Waals surface area contributed by atoms with Crippen LogP contribution in [0.25, 0.3) is 0 Å². The normalized spacial score (nSPS) is 24.5. The number of morpholine rings is 1. The Balaban J connectivity index is 2.39. The van der Waals surface area contributed by atoms with Crippen LogP contribution < -0.4 is 11.1 Å². The Labute approximate surface area is 153 Å². The number of aliphatic imine (C=N–C) groups is 1. The molecule has 7 nitrogen and oxygen atoms in total. The number of sulfonamides is 1. The second-order valence-electron chi connectivity index (χ2n) is 7.53. The topological polar surface area (TPSA) is 97.0 Å². The molecule has 0 spiro atoms. The average Bonchev–Trinajstić information content (AvgIpc) is 2.45. The summed E-state index contributed by atoms with van der Waals surface area (Å²) < 4.78 is 31.9. The van der Waals surface area contributed by atoms with Gasteiger partial charge in [-0.1, -0.05) is 26.7 Å². The summed E-state index contributed by atoms with van der Waals surface area (Å²) in [6.45, 7) is 11.2. The van der Waals surface area contributed by atoms with Gasteiger partial charge in [-0.15, -0.1) is 0 Å². The summed E-state index contributed by atoms with van der Waals surface area (Å²) >= 11 is 0. The number of rotatable bonds is 9. The highest BCUT2D eigenvalue weighted by atomic mass is 32.2. The Hall–Kier alpha value is -0.860. The van der Waals surface area contributed by atoms with Crippen LogP contribution in [-0.4, -0.2) is 62.3 Å². The van der Waals surface area contributed by atoms with Crippen LogP contribution in [-0.2, 0) is 14.8 Å². The first-order chi connectivity index (χ1) is 11.6. The van der Waals surface area contributed by atoms with Crippen LogP contribution >= 0.6 is 0 Å². The Morgan fingerprint density at radius 3 is 2.40 bits per heavy atom. The molecule has 8 heteroatoms. The molecule has 0 aromatic heterocycles. The summed E-state index contributed by atoms with van der Waals surface area (Å²) in [5.74, 6) is 0.987. The Bertz CT molecular complexity index is 512. The fraction of sp³-hybridized carbons (Fsp3) is 0.941. The van der Waals surface area contributed by atoms with E-state index in [1.807, 2.05) is 13.8 Å². The van der Waals surface area contributed by atoms with Gasteiger partial charge < -0.3 is 15.8 Å². The van der Waals surface area contributed by atoms with Gasteiger partial charge in [-0.3, -0.25) is 4.99 Å². The molecule has 0 aromatic rings. The van der Waals surface area contributed by atoms with Crippen molar-refractivity contribution in [2.45, 2.75) is 72.1 Å². The fourth-order valence-electron chi connectivity index (χ4n) is 2.97. The first kappa shape index (κ1) is 22.2. The molecule has 25 heavy (non-hydrogen) atoms. The number of ether oxygens (including phenoxy) is 1. The van der Waals surface area contributed by atoms with Gasteiger partial charge in [-0.25, -0.2) is 8.42 Å². The monoisotopic (exact) mass is 376 g/mol. The van der Waals surface area contributed by atoms with Gasteiger partial charge in [-0.05, 0) is 33.1 Å². The molecule has 0 amide bonds. The van der Waals surface area contributed by atoms with Crippen LogP contribution in [0.15, 0.2) is 4.99 Å². The molecule has 1 rings (SSSR count). The molecular formula is C17H36N4O3S. The van der Waals surface area contributed by atoms with Gasteiger partial charge in [-0.2, -0.15) is 4.31 Å². The number of hydrogen-bond acceptors (Lipinski definition) is 4. The average molecular weight is 377 g/mol. The zero-order valence-corrected chi connectivity index (χ0v) is 17.2. The van der Waals surface area contributed by atoms with E-state index < -0.39 is 10.0 Å². The Kier molecular flexibility index (Phi) is 9.16. The largest absolute Gasteiger partial charge is 0.373 e. The van der Waals surface area contributed by atoms with Gasteiger partial charge >= 0.3 is 0 Å². The highest BCUT2D eigenvalue weighted by Gasteiger charge is 2.30. The maximum Gasteiger partial charge on any atom is 0.216 e. The van der Waals surface area contributed by atoms with E-state index in [9.17, 15) is 8.42 Å². The Morgan fingerprint density at radius 1 is 1.24 bits per heavy atom. The van der Waals surface area contributed by atoms with E-state index in [-0.39, 0.29) is 30.5 Å². The standard InChI is InChI=1S/C17H36N4O3S/c1-13(2)7-6-8-14(3)20-17(18)19-9-10-25(22,23)21-11-15(4)24-16(5)12-21/h13-16H,6-12H2,1-5H3,(H3,18,19,20). The zero-order chi connectivity index (χ0) is 19.0. The lowest BCUT2D eigenvalue weighted by molar-refractivity contribution is -0.0440. The van der Waals surface area contributed by atoms with E-state index in [0.29, 0.717) is 25.0 Å². The van der Waals surface area contributed by atoms with E-state index in [2.05, 4.69) is 31.1 Å². The summed E-state index contributed by atoms with van der Waals surface area (Å²) in [5.41, 5.74) is 5.87. The quantitative estimate of drug-likeness (QED) is 0.470. The minimum absolute atomic E-state index is 0.0312. The van der Waals surface area contributed by atoms with Crippen molar-refractivity contribution < 1.29 is 13.2 Å². The maximum absolute atomic E-state index is 12.4. The lowest BCUT2D eigenvalue weighted by Gasteiger charge is -2.34. The van der Waals surface area contributed by atoms with Crippen molar-refractivity contribution in [3.05, 3.63) is 0 Å². The third-order valence-corrected chi connectivity index (χ3v) is 6.01. The number of guanidine groups is 1. The van der Waals surface area contributed by atoms with Gasteiger partial charge in [0.25, 0.3) is 0 Å². The highest BCUT2D eigenvalue weighted by molar-refractivity contribution is 7.89. The SMILES string of the molecule is CC(C)CCCC(C)NC(N)=NCCS(=O)(=O)N1CC(C)OC(C)C1. The van der Waals surface area contributed by atoms with Crippen LogP contribution in [0.1, 0.15) is 53.9 Å². The summed E-state index contributed by atoms with van der Waals surface area (Å²) in [5, 5.41) is 3.13. The van der Waals surface area contributed by atoms with E-state index >= 15 is 0 Å². The number of nitrogens with one attached hydrogen (secondary N) is 1. The summed E-state index contributed by atoms with van der Waals surface area (Å²) in [4.78, 5) is 4.17. The van der Waals surface area contributed by atoms with Crippen LogP contribution in [0.3, 0.4) is 0 Å². The van der Waals surface area contributed by atoms with Crippen molar-refractivity contribution in [1.29, 1.82) is 0 Å². The van der Waals surface area contributed by atoms with Crippen molar-refractivity contribution in [3.63, 3.8) is 0 Å². The highest BCUT2D eigenvalue weighted by Crippen LogP contribution is 2.14. The second-order valence-corrected chi connectivity index (χ2v) is 9.62. The van der Waals surface area contributed by atoms with E-state index in [4.69, 9.17) is 10.5 Å². The molecule has 1 aliphatic heterocycles. The molecule has 148 valence electrons. The van der Waals surface area contributed by atoms with E-state index in [1.54, 1.807) is 0 Å². The lowest BCUT2D eigenvalue weighted by Crippen LogP contribution is -2.49. The molecule has 0 aromatic carbocycles. The van der Waals surface area contributed by atoms with Crippen molar-refractivity contribution in [2.75, 3.05) is 25.4 Å². The molecule has 3 N–H and O–H groups in total. The van der Waals surface area contributed by atoms with Crippen molar-refractivity contribution in [2.24, 2.45) is 16.6 Å². The summed E-state index contributed by atoms with van der Waals surface area (Å²) in [6.07, 6.45) is 3.19. The van der Waals surface area contributed by atoms with E-state index in [1.165, 1.54) is 10.7 Å². The van der Waals surface area contributed by atoms with Crippen LogP contribution in [0, 0.1) is 5.92 Å². The molecule has 3 atom stereocenters. The van der Waals surface area contributed by atoms with Crippen molar-refractivity contribution >= 4 is 16.0 Å². The molecule has 1 aliphatic rings. The molecule has 3 unspecified atom stereocenters. The summed E-state index contributed by atoms with van der Waals surface area (Å²) in [7, 11) is -3.33. The first-order valence-corrected chi connectivity index (χ1v) is 10.9. The number of nitrogens with zero attached hydrogens (tertiary/aromatic N) is 2. The minimum atomic E-state index is -3.33. The third-order valence-electron chi connectivity index (χ3n) is 4.22. The van der Waals surface area contributed by atoms with Gasteiger partial charge in [0.15, 0.2) is 5.96 Å². The Morgan fingerprint density at radius 2 is 1.84 bits per heavy atom. The summed E-state index contributed by atoms with van der Waals surface area (Å²) in [6, 6.07) is 0.236. The number of hydrogen-bond donors (Lipinski definition) is 2. The molecule has 0 saturated carbocycles. The van der Waals surface area contributed by atoms with Crippen LogP contribution in [0.5, 0.6) is 0 Å². The molecule has 0 radical (unpaired) electrons. The zero-order valence-electron chi connectivity index (χ0n) is 16.4. The van der Waals surface area contributed by atoms with E-state index in [0.717, 1.165) is 12.8 Å². The number of nitrogens with two attached hydrogens (primary N) is 1. The van der Waals surface area contributed by atoms with Gasteiger partial charge in [0, 0.05) is 19.1 Å². The predicted octanol–water partition coefficient (Wildman–Crippen LogP) is 1.54. The van der Waals surface area contributed by atoms with Crippen LogP contribution in [0.2, 0.25) is 0 Å². The van der Waals surface area contributed by atoms with Gasteiger partial charge in [0.1, 0.15) is 0 Å². The second kappa shape index (κ2) is 10.3. The molecule has 0 bridgehead atoms. The van der Waals surface area contributed by atoms with Gasteiger partial charge in [0.2, 0.25) is 10.0 Å². The molecule has 1 fully saturated rings. The lowest BCUT2D eigenvalue weighted by atomic mass is 10.0. The fourth-order valence-corrected chi connectivity index (χ4v) is 4.43. The molecule has 1 heterocycles. The predicted molar refractivity (Wildman–Crippen MR) is 103 cm³/mol. The minimum Gasteiger partial charge on any atom is -0.373 e. The third kappa shape index (κ3) is 8.87. The molecule has 1 saturated heterocycles. The van der Waals surface area contributed by atoms with Crippen LogP contribution in [0.4, 0.5) is 0 Å². The first-order valence-electron chi connectivity index (χ1n) is 9.30. The van der Waals surface area contributed by atoms with Crippen molar-refractivity contribution in [3.8, 4) is 0 Å². The molecular weight excluding hydrogens is 340 g/mol. The van der Waals surface area contributed by atoms with Gasteiger partial charge in [0.05, 0.1) is 24.5 Å². The van der Waals surface area contributed by atoms with Crippen molar-refractivity contribution in [1.82, 2.24) is 9.62 Å². The smallest absolute Gasteiger partial charge is 0.216 e. The molecule has 0 aliphatic carbocycles. The maximum atomic E-state index is 12.4.